The first-order valence-electron chi connectivity index (χ1n) is 10.7. The zero-order valence-corrected chi connectivity index (χ0v) is 18.8. The number of nitro groups is 1. The van der Waals surface area contributed by atoms with Gasteiger partial charge in [-0.3, -0.25) is 14.9 Å². The molecule has 0 aliphatic heterocycles. The number of halogens is 1. The maximum Gasteiger partial charge on any atom is 0.269 e. The molecule has 0 atom stereocenters. The molecule has 5 nitrogen and oxygen atoms in total. The maximum absolute atomic E-state index is 12.5. The first-order chi connectivity index (χ1) is 16.5. The van der Waals surface area contributed by atoms with Crippen LogP contribution in [0.25, 0.3) is 27.9 Å². The molecule has 0 spiro atoms. The van der Waals surface area contributed by atoms with Crippen LogP contribution in [0.3, 0.4) is 0 Å². The molecule has 0 amide bonds. The molecule has 0 saturated heterocycles. The fraction of sp³-hybridized carbons (Fsp3) is 0.0357. The number of carbonyl (C=O) groups excluding carboxylic acids is 1. The van der Waals surface area contributed by atoms with Crippen LogP contribution >= 0.6 is 11.6 Å². The van der Waals surface area contributed by atoms with Crippen LogP contribution in [0.2, 0.25) is 5.02 Å². The van der Waals surface area contributed by atoms with Gasteiger partial charge in [0.1, 0.15) is 0 Å². The summed E-state index contributed by atoms with van der Waals surface area (Å²) in [4.78, 5) is 23.1. The van der Waals surface area contributed by atoms with E-state index in [-0.39, 0.29) is 11.5 Å². The van der Waals surface area contributed by atoms with Crippen molar-refractivity contribution >= 4 is 51.0 Å². The SMILES string of the molecule is O=C(/C=C/c1ccc2c(c1)c1ccccc1n2Cc1ccc([N+](=O)[O-])cc1)c1ccc(Cl)cc1. The average molecular weight is 467 g/mol. The molecule has 0 aliphatic rings. The number of rotatable bonds is 6. The van der Waals surface area contributed by atoms with Crippen LogP contribution in [0.15, 0.2) is 97.1 Å². The number of benzene rings is 4. The topological polar surface area (TPSA) is 65.1 Å². The molecule has 0 saturated carbocycles. The minimum Gasteiger partial charge on any atom is -0.336 e. The minimum atomic E-state index is -0.392. The van der Waals surface area contributed by atoms with Gasteiger partial charge >= 0.3 is 0 Å². The number of nitrogens with zero attached hydrogens (tertiary/aromatic N) is 2. The quantitative estimate of drug-likeness (QED) is 0.114. The van der Waals surface area contributed by atoms with Gasteiger partial charge in [-0.25, -0.2) is 0 Å². The molecular weight excluding hydrogens is 448 g/mol. The Hall–Kier alpha value is -4.22. The Morgan fingerprint density at radius 3 is 2.32 bits per heavy atom. The standard InChI is InChI=1S/C28H19ClN2O3/c29-22-11-9-21(10-12-22)28(32)16-8-19-7-15-27-25(17-19)24-3-1-2-4-26(24)30(27)18-20-5-13-23(14-6-20)31(33)34/h1-17H,18H2/b16-8+. The molecule has 4 aromatic carbocycles. The van der Waals surface area contributed by atoms with Crippen molar-refractivity contribution in [2.24, 2.45) is 0 Å². The van der Waals surface area contributed by atoms with Gasteiger partial charge in [0.15, 0.2) is 5.78 Å². The van der Waals surface area contributed by atoms with E-state index in [9.17, 15) is 14.9 Å². The maximum atomic E-state index is 12.5. The molecule has 5 aromatic rings. The van der Waals surface area contributed by atoms with Crippen molar-refractivity contribution in [3.8, 4) is 0 Å². The van der Waals surface area contributed by atoms with E-state index in [0.717, 1.165) is 32.9 Å². The summed E-state index contributed by atoms with van der Waals surface area (Å²) < 4.78 is 2.21. The molecule has 0 fully saturated rings. The second-order valence-corrected chi connectivity index (χ2v) is 8.44. The smallest absolute Gasteiger partial charge is 0.269 e. The van der Waals surface area contributed by atoms with E-state index in [2.05, 4.69) is 22.8 Å². The van der Waals surface area contributed by atoms with Gasteiger partial charge in [-0.2, -0.15) is 0 Å². The van der Waals surface area contributed by atoms with Crippen molar-refractivity contribution in [3.63, 3.8) is 0 Å². The molecule has 6 heteroatoms. The molecule has 0 bridgehead atoms. The van der Waals surface area contributed by atoms with E-state index in [0.29, 0.717) is 17.1 Å². The Labute approximate surface area is 200 Å². The molecular formula is C28H19ClN2O3. The molecule has 1 heterocycles. The highest BCUT2D eigenvalue weighted by Gasteiger charge is 2.12. The Morgan fingerprint density at radius 2 is 1.59 bits per heavy atom. The van der Waals surface area contributed by atoms with E-state index in [1.807, 2.05) is 30.3 Å². The number of allylic oxidation sites excluding steroid dienone is 1. The van der Waals surface area contributed by atoms with Crippen LogP contribution in [0.1, 0.15) is 21.5 Å². The first kappa shape index (κ1) is 21.6. The number of aromatic nitrogens is 1. The number of ketones is 1. The van der Waals surface area contributed by atoms with Gasteiger partial charge in [-0.1, -0.05) is 54.1 Å². The number of carbonyl (C=O) groups is 1. The summed E-state index contributed by atoms with van der Waals surface area (Å²) in [6.07, 6.45) is 3.39. The fourth-order valence-electron chi connectivity index (χ4n) is 4.13. The van der Waals surface area contributed by atoms with Gasteiger partial charge in [0, 0.05) is 51.1 Å². The summed E-state index contributed by atoms with van der Waals surface area (Å²) in [5, 5.41) is 13.8. The van der Waals surface area contributed by atoms with E-state index >= 15 is 0 Å². The lowest BCUT2D eigenvalue weighted by Crippen LogP contribution is -1.99. The molecule has 1 aromatic heterocycles. The highest BCUT2D eigenvalue weighted by molar-refractivity contribution is 6.30. The fourth-order valence-corrected chi connectivity index (χ4v) is 4.26. The van der Waals surface area contributed by atoms with Gasteiger partial charge in [0.25, 0.3) is 5.69 Å². The summed E-state index contributed by atoms with van der Waals surface area (Å²) in [5.41, 5.74) is 4.70. The van der Waals surface area contributed by atoms with Gasteiger partial charge in [-0.05, 0) is 59.7 Å². The number of nitro benzene ring substituents is 1. The molecule has 5 rings (SSSR count). The van der Waals surface area contributed by atoms with Crippen LogP contribution in [0, 0.1) is 10.1 Å². The zero-order valence-electron chi connectivity index (χ0n) is 18.0. The monoisotopic (exact) mass is 466 g/mol. The van der Waals surface area contributed by atoms with Crippen molar-refractivity contribution in [3.05, 3.63) is 129 Å². The predicted octanol–water partition coefficient (Wildman–Crippen LogP) is 7.30. The van der Waals surface area contributed by atoms with Gasteiger partial charge in [-0.15, -0.1) is 0 Å². The summed E-state index contributed by atoms with van der Waals surface area (Å²) in [6.45, 7) is 0.590. The second-order valence-electron chi connectivity index (χ2n) is 8.01. The highest BCUT2D eigenvalue weighted by Crippen LogP contribution is 2.31. The Kier molecular flexibility index (Phi) is 5.70. The molecule has 166 valence electrons. The molecule has 0 radical (unpaired) electrons. The molecule has 34 heavy (non-hydrogen) atoms. The lowest BCUT2D eigenvalue weighted by Gasteiger charge is -2.08. The van der Waals surface area contributed by atoms with Crippen LogP contribution in [0.5, 0.6) is 0 Å². The zero-order chi connectivity index (χ0) is 23.7. The van der Waals surface area contributed by atoms with Crippen molar-refractivity contribution in [1.29, 1.82) is 0 Å². The number of fused-ring (bicyclic) bond motifs is 3. The minimum absolute atomic E-state index is 0.0792. The Balaban J connectivity index is 1.50. The number of hydrogen-bond donors (Lipinski definition) is 0. The van der Waals surface area contributed by atoms with Crippen molar-refractivity contribution in [2.75, 3.05) is 0 Å². The summed E-state index contributed by atoms with van der Waals surface area (Å²) >= 11 is 5.91. The Bertz CT molecular complexity index is 1570. The summed E-state index contributed by atoms with van der Waals surface area (Å²) in [5.74, 6) is -0.0858. The second kappa shape index (κ2) is 8.96. The van der Waals surface area contributed by atoms with Gasteiger partial charge < -0.3 is 4.57 Å². The number of non-ortho nitro benzene ring substituents is 1. The van der Waals surface area contributed by atoms with Crippen molar-refractivity contribution in [2.45, 2.75) is 6.54 Å². The molecule has 0 aliphatic carbocycles. The normalized spacial score (nSPS) is 11.4. The Morgan fingerprint density at radius 1 is 0.882 bits per heavy atom. The van der Waals surface area contributed by atoms with Crippen LogP contribution in [0.4, 0.5) is 5.69 Å². The van der Waals surface area contributed by atoms with Gasteiger partial charge in [0.05, 0.1) is 4.92 Å². The van der Waals surface area contributed by atoms with Crippen molar-refractivity contribution in [1.82, 2.24) is 4.57 Å². The van der Waals surface area contributed by atoms with Gasteiger partial charge in [0.2, 0.25) is 0 Å². The first-order valence-corrected chi connectivity index (χ1v) is 11.1. The third-order valence-electron chi connectivity index (χ3n) is 5.84. The highest BCUT2D eigenvalue weighted by atomic mass is 35.5. The van der Waals surface area contributed by atoms with E-state index in [1.54, 1.807) is 42.5 Å². The third-order valence-corrected chi connectivity index (χ3v) is 6.09. The van der Waals surface area contributed by atoms with Crippen LogP contribution in [-0.2, 0) is 6.54 Å². The lowest BCUT2D eigenvalue weighted by atomic mass is 10.1. The lowest BCUT2D eigenvalue weighted by molar-refractivity contribution is -0.384. The largest absolute Gasteiger partial charge is 0.336 e. The van der Waals surface area contributed by atoms with Crippen molar-refractivity contribution < 1.29 is 9.72 Å². The van der Waals surface area contributed by atoms with E-state index in [1.165, 1.54) is 12.1 Å². The molecule has 0 N–H and O–H groups in total. The summed E-state index contributed by atoms with van der Waals surface area (Å²) in [6, 6.07) is 27.7. The average Bonchev–Trinajstić information content (AvgIpc) is 3.16. The van der Waals surface area contributed by atoms with E-state index in [4.69, 9.17) is 11.6 Å². The van der Waals surface area contributed by atoms with Crippen LogP contribution < -0.4 is 0 Å². The summed E-state index contributed by atoms with van der Waals surface area (Å²) in [7, 11) is 0. The van der Waals surface area contributed by atoms with Crippen LogP contribution in [-0.4, -0.2) is 15.3 Å². The number of para-hydroxylation sites is 1. The third kappa shape index (κ3) is 4.21. The van der Waals surface area contributed by atoms with E-state index < -0.39 is 4.92 Å². The number of hydrogen-bond acceptors (Lipinski definition) is 3. The predicted molar refractivity (Wildman–Crippen MR) is 136 cm³/mol. The molecule has 0 unspecified atom stereocenters.